The molecular weight excluding hydrogens is 596 g/mol. The number of nitrogens with zero attached hydrogens (tertiary/aromatic N) is 7. The van der Waals surface area contributed by atoms with E-state index in [0.717, 1.165) is 9.36 Å². The van der Waals surface area contributed by atoms with Gasteiger partial charge in [0.25, 0.3) is 0 Å². The van der Waals surface area contributed by atoms with Gasteiger partial charge >= 0.3 is 18.0 Å². The number of halogens is 7. The Bertz CT molecular complexity index is 1380. The van der Waals surface area contributed by atoms with Crippen LogP contribution in [0.1, 0.15) is 12.2 Å². The topological polar surface area (TPSA) is 134 Å². The van der Waals surface area contributed by atoms with Gasteiger partial charge in [-0.1, -0.05) is 11.6 Å². The third-order valence-electron chi connectivity index (χ3n) is 6.01. The smallest absolute Gasteiger partial charge is 0.382 e. The zero-order valence-corrected chi connectivity index (χ0v) is 22.1. The van der Waals surface area contributed by atoms with E-state index in [2.05, 4.69) is 15.2 Å². The lowest BCUT2D eigenvalue weighted by Crippen LogP contribution is -2.40. The zero-order chi connectivity index (χ0) is 29.5. The Hall–Kier alpha value is -2.80. The van der Waals surface area contributed by atoms with Gasteiger partial charge in [0.05, 0.1) is 31.0 Å². The van der Waals surface area contributed by atoms with E-state index in [4.69, 9.17) is 11.6 Å². The summed E-state index contributed by atoms with van der Waals surface area (Å²) in [5, 5.41) is 18.1. The number of hydrogen-bond donors (Lipinski definition) is 3. The largest absolute Gasteiger partial charge is 0.416 e. The van der Waals surface area contributed by atoms with Crippen LogP contribution in [0.15, 0.2) is 29.1 Å². The Morgan fingerprint density at radius 1 is 1.00 bits per heavy atom. The minimum absolute atomic E-state index is 0.00653. The normalized spacial score (nSPS) is 17.7. The van der Waals surface area contributed by atoms with Crippen molar-refractivity contribution < 1.29 is 40.6 Å². The summed E-state index contributed by atoms with van der Waals surface area (Å²) in [5.74, 6) is -0.413. The van der Waals surface area contributed by atoms with Crippen LogP contribution in [-0.4, -0.2) is 86.4 Å². The molecule has 40 heavy (non-hydrogen) atoms. The number of anilines is 1. The fourth-order valence-electron chi connectivity index (χ4n) is 3.92. The van der Waals surface area contributed by atoms with Gasteiger partial charge in [-0.05, 0) is 24.3 Å². The predicted octanol–water partition coefficient (Wildman–Crippen LogP) is 3.45. The molecule has 4 rings (SSSR count). The molecule has 0 saturated carbocycles. The van der Waals surface area contributed by atoms with E-state index in [1.54, 1.807) is 0 Å². The number of aliphatic hydroxyl groups is 1. The molecule has 3 N–H and O–H groups in total. The molecule has 1 aliphatic heterocycles. The molecule has 3 heterocycles. The highest BCUT2D eigenvalue weighted by Crippen LogP contribution is 2.41. The van der Waals surface area contributed by atoms with E-state index in [0.29, 0.717) is 9.59 Å². The van der Waals surface area contributed by atoms with Gasteiger partial charge in [-0.25, -0.2) is 14.2 Å². The van der Waals surface area contributed by atoms with E-state index in [-0.39, 0.29) is 47.8 Å². The molecule has 0 radical (unpaired) electrons. The van der Waals surface area contributed by atoms with E-state index in [9.17, 15) is 45.3 Å². The summed E-state index contributed by atoms with van der Waals surface area (Å²) in [4.78, 5) is 18.9. The molecule has 19 heteroatoms. The van der Waals surface area contributed by atoms with Crippen molar-refractivity contribution in [2.45, 2.75) is 44.5 Å². The molecule has 3 aromatic rings. The summed E-state index contributed by atoms with van der Waals surface area (Å²) in [5.41, 5.74) is -0.834. The molecule has 1 atom stereocenters. The third kappa shape index (κ3) is 7.28. The molecular formula is C21H24ClF6N7O4S. The molecule has 0 spiro atoms. The monoisotopic (exact) mass is 619 g/mol. The Balaban J connectivity index is 1.69. The Morgan fingerprint density at radius 2 is 1.62 bits per heavy atom. The first-order valence-corrected chi connectivity index (χ1v) is 14.0. The predicted molar refractivity (Wildman–Crippen MR) is 134 cm³/mol. The second-order valence-corrected chi connectivity index (χ2v) is 11.9. The van der Waals surface area contributed by atoms with Gasteiger partial charge in [-0.2, -0.15) is 47.0 Å². The van der Waals surface area contributed by atoms with E-state index in [1.807, 2.05) is 0 Å². The van der Waals surface area contributed by atoms with Crippen molar-refractivity contribution in [3.05, 3.63) is 45.6 Å². The van der Waals surface area contributed by atoms with Crippen LogP contribution in [0.2, 0.25) is 5.02 Å². The maximum Gasteiger partial charge on any atom is 0.416 e. The number of aliphatic hydroxyl groups excluding tert-OH is 1. The zero-order valence-electron chi connectivity index (χ0n) is 20.5. The number of alkyl halides is 6. The quantitative estimate of drug-likeness (QED) is 0.327. The van der Waals surface area contributed by atoms with Crippen LogP contribution < -0.4 is 10.6 Å². The SMILES string of the molecule is O=c1n(Cc2nc(N3CCS(O)(O)CC3)n(CCC(F)(F)F)n2)nc(-c2ccc(Cl)cc2)n1C[C@H](O)C(F)(F)F. The molecule has 1 aromatic carbocycles. The summed E-state index contributed by atoms with van der Waals surface area (Å²) in [6.07, 6.45) is -13.7. The Morgan fingerprint density at radius 3 is 2.20 bits per heavy atom. The van der Waals surface area contributed by atoms with Crippen molar-refractivity contribution in [1.82, 2.24) is 29.1 Å². The van der Waals surface area contributed by atoms with Gasteiger partial charge in [0, 0.05) is 23.7 Å². The van der Waals surface area contributed by atoms with Gasteiger partial charge in [-0.3, -0.25) is 13.7 Å². The molecule has 11 nitrogen and oxygen atoms in total. The Labute approximate surface area is 228 Å². The minimum Gasteiger partial charge on any atom is -0.382 e. The van der Waals surface area contributed by atoms with Crippen LogP contribution in [0.5, 0.6) is 0 Å². The highest BCUT2D eigenvalue weighted by atomic mass is 35.5. The molecule has 0 unspecified atom stereocenters. The van der Waals surface area contributed by atoms with Crippen molar-refractivity contribution in [3.8, 4) is 11.4 Å². The fourth-order valence-corrected chi connectivity index (χ4v) is 5.28. The molecule has 1 aliphatic rings. The van der Waals surface area contributed by atoms with Crippen molar-refractivity contribution >= 4 is 28.1 Å². The first kappa shape index (κ1) is 30.2. The van der Waals surface area contributed by atoms with Gasteiger partial charge in [-0.15, -0.1) is 5.10 Å². The highest BCUT2D eigenvalue weighted by Gasteiger charge is 2.39. The first-order chi connectivity index (χ1) is 18.5. The second-order valence-electron chi connectivity index (χ2n) is 9.05. The van der Waals surface area contributed by atoms with Crippen LogP contribution in [-0.2, 0) is 19.6 Å². The number of aromatic nitrogens is 6. The third-order valence-corrected chi connectivity index (χ3v) is 7.94. The molecule has 0 bridgehead atoms. The summed E-state index contributed by atoms with van der Waals surface area (Å²) in [6, 6.07) is 5.67. The van der Waals surface area contributed by atoms with Gasteiger partial charge in [0.1, 0.15) is 6.54 Å². The molecule has 1 saturated heterocycles. The molecule has 0 aliphatic carbocycles. The average molecular weight is 620 g/mol. The van der Waals surface area contributed by atoms with Crippen LogP contribution >= 0.6 is 22.2 Å². The lowest BCUT2D eigenvalue weighted by Gasteiger charge is -2.41. The van der Waals surface area contributed by atoms with Crippen molar-refractivity contribution in [1.29, 1.82) is 0 Å². The van der Waals surface area contributed by atoms with Crippen molar-refractivity contribution in [3.63, 3.8) is 0 Å². The summed E-state index contributed by atoms with van der Waals surface area (Å²) in [6.45, 7) is -2.13. The van der Waals surface area contributed by atoms with Crippen LogP contribution in [0, 0.1) is 0 Å². The van der Waals surface area contributed by atoms with E-state index < -0.39 is 60.8 Å². The minimum atomic E-state index is -5.02. The average Bonchev–Trinajstić information content (AvgIpc) is 3.38. The maximum atomic E-state index is 13.1. The lowest BCUT2D eigenvalue weighted by molar-refractivity contribution is -0.207. The van der Waals surface area contributed by atoms with Gasteiger partial charge < -0.3 is 10.0 Å². The second kappa shape index (κ2) is 11.2. The standard InChI is InChI=1S/C21H24ClF6N7O4S/c22-14-3-1-13(2-4-14)17-31-35(19(37)33(17)11-15(36)21(26,27)28)12-16-29-18(32-7-9-40(38,39)10-8-32)34(30-16)6-5-20(23,24)25/h1-4,15,36,38-39H,5-12H2/t15-/m0/s1. The van der Waals surface area contributed by atoms with E-state index >= 15 is 0 Å². The van der Waals surface area contributed by atoms with Crippen molar-refractivity contribution in [2.75, 3.05) is 29.5 Å². The molecule has 2 aromatic heterocycles. The number of rotatable bonds is 8. The van der Waals surface area contributed by atoms with Crippen LogP contribution in [0.3, 0.4) is 0 Å². The molecule has 1 fully saturated rings. The van der Waals surface area contributed by atoms with E-state index in [1.165, 1.54) is 29.2 Å². The lowest BCUT2D eigenvalue weighted by atomic mass is 10.2. The fraction of sp³-hybridized carbons (Fsp3) is 0.524. The number of hydrogen-bond acceptors (Lipinski definition) is 8. The van der Waals surface area contributed by atoms with Crippen LogP contribution in [0.4, 0.5) is 32.3 Å². The maximum absolute atomic E-state index is 13.1. The summed E-state index contributed by atoms with van der Waals surface area (Å²) >= 11 is 5.87. The summed E-state index contributed by atoms with van der Waals surface area (Å²) in [7, 11) is -2.82. The van der Waals surface area contributed by atoms with Crippen molar-refractivity contribution in [2.24, 2.45) is 0 Å². The van der Waals surface area contributed by atoms with Gasteiger partial charge in [0.15, 0.2) is 17.8 Å². The number of benzene rings is 1. The molecule has 0 amide bonds. The highest BCUT2D eigenvalue weighted by molar-refractivity contribution is 8.24. The molecule has 222 valence electrons. The van der Waals surface area contributed by atoms with Crippen LogP contribution in [0.25, 0.3) is 11.4 Å². The first-order valence-electron chi connectivity index (χ1n) is 11.7. The van der Waals surface area contributed by atoms with Gasteiger partial charge in [0.2, 0.25) is 5.95 Å². The Kier molecular flexibility index (Phi) is 8.47. The number of aryl methyl sites for hydroxylation is 1. The summed E-state index contributed by atoms with van der Waals surface area (Å²) < 4.78 is 100.